The summed E-state index contributed by atoms with van der Waals surface area (Å²) in [5.41, 5.74) is 3.78. The lowest BCUT2D eigenvalue weighted by atomic mass is 9.96. The summed E-state index contributed by atoms with van der Waals surface area (Å²) in [5, 5.41) is 7.14. The Hall–Kier alpha value is -2.63. The lowest BCUT2D eigenvalue weighted by Crippen LogP contribution is -2.41. The summed E-state index contributed by atoms with van der Waals surface area (Å²) in [6.45, 7) is 5.49. The lowest BCUT2D eigenvalue weighted by molar-refractivity contribution is -0.120. The molecule has 2 aromatic rings. The number of amides is 1. The van der Waals surface area contributed by atoms with Crippen LogP contribution >= 0.6 is 0 Å². The first-order valence-electron chi connectivity index (χ1n) is 8.61. The Kier molecular flexibility index (Phi) is 4.88. The SMILES string of the molecule is Cc1cccc(NC(=O)[C@@H]2CCCN(c3cnn(C)c(=O)c3)C2)c1C. The van der Waals surface area contributed by atoms with Crippen LogP contribution < -0.4 is 15.8 Å². The van der Waals surface area contributed by atoms with Crippen LogP contribution in [-0.2, 0) is 11.8 Å². The Morgan fingerprint density at radius 3 is 2.88 bits per heavy atom. The fourth-order valence-corrected chi connectivity index (χ4v) is 3.18. The maximum Gasteiger partial charge on any atom is 0.268 e. The van der Waals surface area contributed by atoms with Crippen molar-refractivity contribution < 1.29 is 4.79 Å². The van der Waals surface area contributed by atoms with Crippen LogP contribution in [0.3, 0.4) is 0 Å². The molecule has 0 radical (unpaired) electrons. The van der Waals surface area contributed by atoms with Crippen molar-refractivity contribution in [2.75, 3.05) is 23.3 Å². The van der Waals surface area contributed by atoms with Crippen LogP contribution in [0.2, 0.25) is 0 Å². The number of aryl methyl sites for hydroxylation is 2. The normalized spacial score (nSPS) is 17.4. The minimum Gasteiger partial charge on any atom is -0.369 e. The van der Waals surface area contributed by atoms with Gasteiger partial charge in [-0.1, -0.05) is 12.1 Å². The first-order valence-corrected chi connectivity index (χ1v) is 8.61. The molecule has 1 aromatic carbocycles. The number of anilines is 2. The molecule has 2 heterocycles. The second-order valence-corrected chi connectivity index (χ2v) is 6.70. The molecule has 6 heteroatoms. The van der Waals surface area contributed by atoms with Gasteiger partial charge in [-0.05, 0) is 43.9 Å². The number of aromatic nitrogens is 2. The van der Waals surface area contributed by atoms with Gasteiger partial charge in [-0.3, -0.25) is 9.59 Å². The molecule has 132 valence electrons. The number of hydrogen-bond acceptors (Lipinski definition) is 4. The lowest BCUT2D eigenvalue weighted by Gasteiger charge is -2.33. The summed E-state index contributed by atoms with van der Waals surface area (Å²) in [6, 6.07) is 7.51. The Balaban J connectivity index is 1.72. The zero-order valence-corrected chi connectivity index (χ0v) is 15.0. The van der Waals surface area contributed by atoms with Gasteiger partial charge in [-0.25, -0.2) is 4.68 Å². The molecule has 1 saturated heterocycles. The highest BCUT2D eigenvalue weighted by atomic mass is 16.2. The quantitative estimate of drug-likeness (QED) is 0.931. The fraction of sp³-hybridized carbons (Fsp3) is 0.421. The molecule has 1 aliphatic heterocycles. The van der Waals surface area contributed by atoms with Gasteiger partial charge in [0.25, 0.3) is 5.56 Å². The Morgan fingerprint density at radius 2 is 2.12 bits per heavy atom. The highest BCUT2D eigenvalue weighted by molar-refractivity contribution is 5.93. The van der Waals surface area contributed by atoms with Crippen molar-refractivity contribution in [3.63, 3.8) is 0 Å². The third-order valence-electron chi connectivity index (χ3n) is 4.97. The first-order chi connectivity index (χ1) is 12.0. The van der Waals surface area contributed by atoms with Crippen LogP contribution in [0.5, 0.6) is 0 Å². The van der Waals surface area contributed by atoms with Gasteiger partial charge >= 0.3 is 0 Å². The molecule has 0 unspecified atom stereocenters. The average Bonchev–Trinajstić information content (AvgIpc) is 2.61. The van der Waals surface area contributed by atoms with Crippen LogP contribution in [-0.4, -0.2) is 28.8 Å². The number of benzene rings is 1. The molecule has 25 heavy (non-hydrogen) atoms. The molecule has 0 bridgehead atoms. The van der Waals surface area contributed by atoms with Crippen LogP contribution in [0.15, 0.2) is 35.3 Å². The van der Waals surface area contributed by atoms with E-state index in [1.165, 1.54) is 4.68 Å². The van der Waals surface area contributed by atoms with E-state index < -0.39 is 0 Å². The van der Waals surface area contributed by atoms with Gasteiger partial charge in [0.05, 0.1) is 17.8 Å². The minimum absolute atomic E-state index is 0.0372. The monoisotopic (exact) mass is 340 g/mol. The topological polar surface area (TPSA) is 67.2 Å². The molecule has 0 saturated carbocycles. The first kappa shape index (κ1) is 17.2. The minimum atomic E-state index is -0.139. The van der Waals surface area contributed by atoms with Gasteiger partial charge in [0, 0.05) is 31.9 Å². The van der Waals surface area contributed by atoms with E-state index in [2.05, 4.69) is 15.3 Å². The number of rotatable bonds is 3. The molecule has 3 rings (SSSR count). The largest absolute Gasteiger partial charge is 0.369 e. The van der Waals surface area contributed by atoms with Crippen LogP contribution in [0.25, 0.3) is 0 Å². The Morgan fingerprint density at radius 1 is 1.32 bits per heavy atom. The smallest absolute Gasteiger partial charge is 0.268 e. The summed E-state index contributed by atoms with van der Waals surface area (Å²) >= 11 is 0. The third kappa shape index (κ3) is 3.73. The zero-order chi connectivity index (χ0) is 18.0. The van der Waals surface area contributed by atoms with E-state index in [0.29, 0.717) is 6.54 Å². The third-order valence-corrected chi connectivity index (χ3v) is 4.97. The van der Waals surface area contributed by atoms with E-state index in [1.807, 2.05) is 32.0 Å². The van der Waals surface area contributed by atoms with Crippen molar-refractivity contribution in [1.29, 1.82) is 0 Å². The van der Waals surface area contributed by atoms with Crippen molar-refractivity contribution in [1.82, 2.24) is 9.78 Å². The average molecular weight is 340 g/mol. The van der Waals surface area contributed by atoms with Gasteiger partial charge in [0.1, 0.15) is 0 Å². The second-order valence-electron chi connectivity index (χ2n) is 6.70. The van der Waals surface area contributed by atoms with Crippen molar-refractivity contribution >= 4 is 17.3 Å². The number of piperidine rings is 1. The molecular formula is C19H24N4O2. The van der Waals surface area contributed by atoms with Gasteiger partial charge < -0.3 is 10.2 Å². The molecule has 1 atom stereocenters. The molecule has 0 aliphatic carbocycles. The molecule has 1 fully saturated rings. The summed E-state index contributed by atoms with van der Waals surface area (Å²) in [4.78, 5) is 26.6. The zero-order valence-electron chi connectivity index (χ0n) is 15.0. The van der Waals surface area contributed by atoms with E-state index >= 15 is 0 Å². The van der Waals surface area contributed by atoms with Crippen molar-refractivity contribution in [2.24, 2.45) is 13.0 Å². The summed E-state index contributed by atoms with van der Waals surface area (Å²) in [5.74, 6) is -0.0621. The molecular weight excluding hydrogens is 316 g/mol. The molecule has 1 aromatic heterocycles. The maximum atomic E-state index is 12.7. The summed E-state index contributed by atoms with van der Waals surface area (Å²) < 4.78 is 1.30. The number of nitrogens with zero attached hydrogens (tertiary/aromatic N) is 3. The number of carbonyl (C=O) groups excluding carboxylic acids is 1. The standard InChI is InChI=1S/C19H24N4O2/c1-13-6-4-8-17(14(13)2)21-19(25)15-7-5-9-23(12-15)16-10-18(24)22(3)20-11-16/h4,6,8,10-11,15H,5,7,9,12H2,1-3H3,(H,21,25)/t15-/m1/s1. The van der Waals surface area contributed by atoms with Gasteiger partial charge in [-0.2, -0.15) is 5.10 Å². The Labute approximate surface area is 147 Å². The number of nitrogens with one attached hydrogen (secondary N) is 1. The second kappa shape index (κ2) is 7.09. The van der Waals surface area contributed by atoms with Crippen LogP contribution in [0.4, 0.5) is 11.4 Å². The molecule has 1 amide bonds. The molecule has 1 N–H and O–H groups in total. The Bertz CT molecular complexity index is 844. The molecule has 6 nitrogen and oxygen atoms in total. The van der Waals surface area contributed by atoms with E-state index in [4.69, 9.17) is 0 Å². The van der Waals surface area contributed by atoms with E-state index in [0.717, 1.165) is 41.9 Å². The highest BCUT2D eigenvalue weighted by Crippen LogP contribution is 2.24. The van der Waals surface area contributed by atoms with Crippen LogP contribution in [0, 0.1) is 19.8 Å². The van der Waals surface area contributed by atoms with E-state index in [-0.39, 0.29) is 17.4 Å². The van der Waals surface area contributed by atoms with Crippen molar-refractivity contribution in [3.05, 3.63) is 51.9 Å². The summed E-state index contributed by atoms with van der Waals surface area (Å²) in [6.07, 6.45) is 3.46. The van der Waals surface area contributed by atoms with Crippen molar-refractivity contribution in [3.8, 4) is 0 Å². The maximum absolute atomic E-state index is 12.7. The van der Waals surface area contributed by atoms with Gasteiger partial charge in [0.15, 0.2) is 0 Å². The molecule has 1 aliphatic rings. The van der Waals surface area contributed by atoms with Crippen LogP contribution in [0.1, 0.15) is 24.0 Å². The highest BCUT2D eigenvalue weighted by Gasteiger charge is 2.26. The van der Waals surface area contributed by atoms with E-state index in [1.54, 1.807) is 19.3 Å². The van der Waals surface area contributed by atoms with Crippen molar-refractivity contribution in [2.45, 2.75) is 26.7 Å². The predicted molar refractivity (Wildman–Crippen MR) is 99.0 cm³/mol. The summed E-state index contributed by atoms with van der Waals surface area (Å²) in [7, 11) is 1.63. The number of hydrogen-bond donors (Lipinski definition) is 1. The van der Waals surface area contributed by atoms with Gasteiger partial charge in [-0.15, -0.1) is 0 Å². The predicted octanol–water partition coefficient (Wildman–Crippen LogP) is 2.25. The number of carbonyl (C=O) groups is 1. The van der Waals surface area contributed by atoms with Gasteiger partial charge in [0.2, 0.25) is 5.91 Å². The van der Waals surface area contributed by atoms with E-state index in [9.17, 15) is 9.59 Å². The fourth-order valence-electron chi connectivity index (χ4n) is 3.18. The molecule has 0 spiro atoms.